The first-order valence-electron chi connectivity index (χ1n) is 9.25. The van der Waals surface area contributed by atoms with E-state index in [1.807, 2.05) is 19.9 Å². The van der Waals surface area contributed by atoms with E-state index in [0.29, 0.717) is 18.3 Å². The van der Waals surface area contributed by atoms with E-state index < -0.39 is 0 Å². The molecule has 27 heavy (non-hydrogen) atoms. The highest BCUT2D eigenvalue weighted by atomic mass is 16.2. The van der Waals surface area contributed by atoms with E-state index in [2.05, 4.69) is 30.2 Å². The molecule has 1 fully saturated rings. The zero-order valence-corrected chi connectivity index (χ0v) is 16.4. The molecule has 1 N–H and O–H groups in total. The number of hydrogen-bond acceptors (Lipinski definition) is 7. The lowest BCUT2D eigenvalue weighted by Gasteiger charge is -2.33. The molecule has 3 rings (SSSR count). The predicted octanol–water partition coefficient (Wildman–Crippen LogP) is 1.89. The van der Waals surface area contributed by atoms with Gasteiger partial charge >= 0.3 is 0 Å². The molecule has 2 aromatic rings. The fraction of sp³-hybridized carbons (Fsp3) is 0.526. The normalized spacial score (nSPS) is 17.6. The Bertz CT molecular complexity index is 788. The maximum Gasteiger partial charge on any atom is 0.236 e. The standard InChI is InChI=1S/C19H27N7O/c1-13-10-14(2)23-19(22-13)24-18-17(20-7-8-21-18)15-6-5-9-26(11-15)12-16(27)25(3)4/h7-8,10,15H,5-6,9,11-12H2,1-4H3,(H,21,22,23,24)/t15-/m1/s1. The number of nitrogens with one attached hydrogen (secondary N) is 1. The van der Waals surface area contributed by atoms with Crippen molar-refractivity contribution in [1.29, 1.82) is 0 Å². The van der Waals surface area contributed by atoms with Crippen LogP contribution in [-0.4, -0.2) is 69.4 Å². The van der Waals surface area contributed by atoms with Gasteiger partial charge < -0.3 is 10.2 Å². The third-order valence-electron chi connectivity index (χ3n) is 4.69. The number of nitrogens with zero attached hydrogens (tertiary/aromatic N) is 6. The van der Waals surface area contributed by atoms with Crippen LogP contribution < -0.4 is 5.32 Å². The second-order valence-electron chi connectivity index (χ2n) is 7.25. The zero-order valence-electron chi connectivity index (χ0n) is 16.4. The number of carbonyl (C=O) groups is 1. The summed E-state index contributed by atoms with van der Waals surface area (Å²) in [5, 5.41) is 3.24. The van der Waals surface area contributed by atoms with E-state index in [4.69, 9.17) is 0 Å². The van der Waals surface area contributed by atoms with Crippen molar-refractivity contribution in [2.75, 3.05) is 39.0 Å². The van der Waals surface area contributed by atoms with Crippen molar-refractivity contribution in [1.82, 2.24) is 29.7 Å². The van der Waals surface area contributed by atoms with Crippen LogP contribution in [0.3, 0.4) is 0 Å². The Kier molecular flexibility index (Phi) is 5.95. The highest BCUT2D eigenvalue weighted by Crippen LogP contribution is 2.30. The van der Waals surface area contributed by atoms with Crippen molar-refractivity contribution in [3.05, 3.63) is 35.5 Å². The number of amides is 1. The molecular formula is C19H27N7O. The van der Waals surface area contributed by atoms with E-state index >= 15 is 0 Å². The van der Waals surface area contributed by atoms with Gasteiger partial charge in [0.2, 0.25) is 11.9 Å². The molecule has 0 radical (unpaired) electrons. The monoisotopic (exact) mass is 369 g/mol. The summed E-state index contributed by atoms with van der Waals surface area (Å²) in [6.45, 7) is 6.04. The molecule has 2 aromatic heterocycles. The summed E-state index contributed by atoms with van der Waals surface area (Å²) in [7, 11) is 3.58. The largest absolute Gasteiger partial charge is 0.348 e. The van der Waals surface area contributed by atoms with Crippen LogP contribution in [0.4, 0.5) is 11.8 Å². The van der Waals surface area contributed by atoms with Crippen LogP contribution in [0, 0.1) is 13.8 Å². The van der Waals surface area contributed by atoms with Crippen LogP contribution in [0.25, 0.3) is 0 Å². The van der Waals surface area contributed by atoms with Crippen molar-refractivity contribution in [3.63, 3.8) is 0 Å². The number of carbonyl (C=O) groups excluding carboxylic acids is 1. The first kappa shape index (κ1) is 19.2. The molecule has 0 unspecified atom stereocenters. The smallest absolute Gasteiger partial charge is 0.236 e. The van der Waals surface area contributed by atoms with E-state index in [1.165, 1.54) is 0 Å². The number of piperidine rings is 1. The lowest BCUT2D eigenvalue weighted by Crippen LogP contribution is -2.41. The molecule has 1 aliphatic heterocycles. The maximum absolute atomic E-state index is 12.1. The molecule has 1 saturated heterocycles. The lowest BCUT2D eigenvalue weighted by atomic mass is 9.94. The second kappa shape index (κ2) is 8.39. The average Bonchev–Trinajstić information content (AvgIpc) is 2.61. The number of rotatable bonds is 5. The Morgan fingerprint density at radius 1 is 1.22 bits per heavy atom. The molecule has 1 aliphatic rings. The van der Waals surface area contributed by atoms with Crippen molar-refractivity contribution in [2.45, 2.75) is 32.6 Å². The van der Waals surface area contributed by atoms with Gasteiger partial charge in [-0.25, -0.2) is 15.0 Å². The molecular weight excluding hydrogens is 342 g/mol. The van der Waals surface area contributed by atoms with Crippen molar-refractivity contribution < 1.29 is 4.79 Å². The molecule has 1 atom stereocenters. The SMILES string of the molecule is Cc1cc(C)nc(Nc2nccnc2[C@@H]2CCCN(CC(=O)N(C)C)C2)n1. The molecule has 8 nitrogen and oxygen atoms in total. The summed E-state index contributed by atoms with van der Waals surface area (Å²) < 4.78 is 0. The highest BCUT2D eigenvalue weighted by molar-refractivity contribution is 5.77. The van der Waals surface area contributed by atoms with E-state index in [1.54, 1.807) is 31.4 Å². The van der Waals surface area contributed by atoms with Gasteiger partial charge in [-0.1, -0.05) is 0 Å². The Hall–Kier alpha value is -2.61. The van der Waals surface area contributed by atoms with Crippen molar-refractivity contribution in [3.8, 4) is 0 Å². The van der Waals surface area contributed by atoms with Gasteiger partial charge in [0.25, 0.3) is 0 Å². The van der Waals surface area contributed by atoms with Crippen LogP contribution >= 0.6 is 0 Å². The van der Waals surface area contributed by atoms with Crippen LogP contribution in [-0.2, 0) is 4.79 Å². The van der Waals surface area contributed by atoms with Gasteiger partial charge in [-0.3, -0.25) is 14.7 Å². The summed E-state index contributed by atoms with van der Waals surface area (Å²) in [5.41, 5.74) is 2.71. The topological polar surface area (TPSA) is 87.1 Å². The summed E-state index contributed by atoms with van der Waals surface area (Å²) in [5.74, 6) is 1.56. The van der Waals surface area contributed by atoms with Crippen molar-refractivity contribution in [2.24, 2.45) is 0 Å². The molecule has 0 aromatic carbocycles. The summed E-state index contributed by atoms with van der Waals surface area (Å²) in [6.07, 6.45) is 5.44. The number of likely N-dealkylation sites (tertiary alicyclic amines) is 1. The fourth-order valence-electron chi connectivity index (χ4n) is 3.39. The minimum absolute atomic E-state index is 0.122. The Labute approximate surface area is 160 Å². The number of aryl methyl sites for hydroxylation is 2. The third kappa shape index (κ3) is 4.97. The van der Waals surface area contributed by atoms with E-state index in [9.17, 15) is 4.79 Å². The second-order valence-corrected chi connectivity index (χ2v) is 7.25. The average molecular weight is 369 g/mol. The fourth-order valence-corrected chi connectivity index (χ4v) is 3.39. The predicted molar refractivity (Wildman–Crippen MR) is 104 cm³/mol. The maximum atomic E-state index is 12.1. The first-order valence-corrected chi connectivity index (χ1v) is 9.25. The number of anilines is 2. The van der Waals surface area contributed by atoms with Crippen LogP contribution in [0.5, 0.6) is 0 Å². The minimum atomic E-state index is 0.122. The molecule has 0 aliphatic carbocycles. The first-order chi connectivity index (χ1) is 12.9. The van der Waals surface area contributed by atoms with Gasteiger partial charge in [0, 0.05) is 50.3 Å². The summed E-state index contributed by atoms with van der Waals surface area (Å²) >= 11 is 0. The summed E-state index contributed by atoms with van der Waals surface area (Å²) in [6, 6.07) is 1.93. The molecule has 0 saturated carbocycles. The van der Waals surface area contributed by atoms with Crippen LogP contribution in [0.1, 0.15) is 35.8 Å². The van der Waals surface area contributed by atoms with Crippen LogP contribution in [0.2, 0.25) is 0 Å². The Balaban J connectivity index is 1.77. The van der Waals surface area contributed by atoms with Gasteiger partial charge in [-0.2, -0.15) is 0 Å². The molecule has 3 heterocycles. The Morgan fingerprint density at radius 2 is 1.93 bits per heavy atom. The van der Waals surface area contributed by atoms with Gasteiger partial charge in [0.05, 0.1) is 12.2 Å². The Morgan fingerprint density at radius 3 is 2.63 bits per heavy atom. The van der Waals surface area contributed by atoms with Gasteiger partial charge in [-0.15, -0.1) is 0 Å². The number of hydrogen-bond donors (Lipinski definition) is 1. The number of likely N-dealkylation sites (N-methyl/N-ethyl adjacent to an activating group) is 1. The van der Waals surface area contributed by atoms with Gasteiger partial charge in [0.1, 0.15) is 0 Å². The highest BCUT2D eigenvalue weighted by Gasteiger charge is 2.26. The minimum Gasteiger partial charge on any atom is -0.348 e. The van der Waals surface area contributed by atoms with E-state index in [-0.39, 0.29) is 11.8 Å². The third-order valence-corrected chi connectivity index (χ3v) is 4.69. The van der Waals surface area contributed by atoms with Crippen LogP contribution in [0.15, 0.2) is 18.5 Å². The quantitative estimate of drug-likeness (QED) is 0.861. The zero-order chi connectivity index (χ0) is 19.4. The van der Waals surface area contributed by atoms with E-state index in [0.717, 1.165) is 43.0 Å². The molecule has 144 valence electrons. The molecule has 8 heteroatoms. The summed E-state index contributed by atoms with van der Waals surface area (Å²) in [4.78, 5) is 33.8. The van der Waals surface area contributed by atoms with Gasteiger partial charge in [0.15, 0.2) is 5.82 Å². The lowest BCUT2D eigenvalue weighted by molar-refractivity contribution is -0.130. The molecule has 1 amide bonds. The van der Waals surface area contributed by atoms with Gasteiger partial charge in [-0.05, 0) is 39.3 Å². The molecule has 0 spiro atoms. The van der Waals surface area contributed by atoms with Crippen molar-refractivity contribution >= 4 is 17.7 Å². The number of aromatic nitrogens is 4. The molecule has 0 bridgehead atoms.